The number of nitrogens with zero attached hydrogens (tertiary/aromatic N) is 2. The van der Waals surface area contributed by atoms with Gasteiger partial charge in [-0.2, -0.15) is 0 Å². The fraction of sp³-hybridized carbons (Fsp3) is 0. The van der Waals surface area contributed by atoms with Crippen molar-refractivity contribution in [2.75, 3.05) is 0 Å². The van der Waals surface area contributed by atoms with Crippen LogP contribution in [0.3, 0.4) is 0 Å². The number of thiophene rings is 2. The van der Waals surface area contributed by atoms with Crippen LogP contribution in [0, 0.1) is 0 Å². The highest BCUT2D eigenvalue weighted by molar-refractivity contribution is 7.26. The van der Waals surface area contributed by atoms with Gasteiger partial charge in [0.1, 0.15) is 0 Å². The van der Waals surface area contributed by atoms with Crippen molar-refractivity contribution in [2.45, 2.75) is 0 Å². The van der Waals surface area contributed by atoms with Gasteiger partial charge in [-0.05, 0) is 129 Å². The second-order valence-corrected chi connectivity index (χ2v) is 20.2. The van der Waals surface area contributed by atoms with E-state index in [0.29, 0.717) is 0 Å². The van der Waals surface area contributed by atoms with Crippen molar-refractivity contribution in [1.82, 2.24) is 9.13 Å². The molecule has 4 aromatic heterocycles. The molecule has 68 heavy (non-hydrogen) atoms. The van der Waals surface area contributed by atoms with Crippen LogP contribution in [0.5, 0.6) is 0 Å². The van der Waals surface area contributed by atoms with Crippen LogP contribution in [-0.2, 0) is 0 Å². The monoisotopic (exact) mass is 898 g/mol. The minimum atomic E-state index is 1.15. The summed E-state index contributed by atoms with van der Waals surface area (Å²) in [4.78, 5) is 0. The number of rotatable bonds is 5. The fourth-order valence-corrected chi connectivity index (χ4v) is 13.4. The van der Waals surface area contributed by atoms with Gasteiger partial charge in [0.25, 0.3) is 0 Å². The van der Waals surface area contributed by atoms with Crippen molar-refractivity contribution in [2.24, 2.45) is 0 Å². The fourth-order valence-electron chi connectivity index (χ4n) is 11.1. The number of hydrogen-bond acceptors (Lipinski definition) is 2. The summed E-state index contributed by atoms with van der Waals surface area (Å²) in [5.41, 5.74) is 14.5. The van der Waals surface area contributed by atoms with E-state index in [9.17, 15) is 0 Å². The van der Waals surface area contributed by atoms with Crippen LogP contribution in [-0.4, -0.2) is 9.13 Å². The molecule has 11 aromatic carbocycles. The predicted octanol–water partition coefficient (Wildman–Crippen LogP) is 18.8. The average Bonchev–Trinajstić information content (AvgIpc) is 4.16. The smallest absolute Gasteiger partial charge is 0.0640 e. The second-order valence-electron chi connectivity index (χ2n) is 18.0. The number of benzene rings is 11. The normalized spacial score (nSPS) is 12.1. The summed E-state index contributed by atoms with van der Waals surface area (Å²) in [5, 5.41) is 12.8. The Balaban J connectivity index is 0.910. The Bertz CT molecular complexity index is 4540. The third-order valence-corrected chi connectivity index (χ3v) is 16.7. The van der Waals surface area contributed by atoms with Crippen LogP contribution in [0.25, 0.3) is 139 Å². The van der Waals surface area contributed by atoms with E-state index < -0.39 is 0 Å². The van der Waals surface area contributed by atoms with E-state index >= 15 is 0 Å². The van der Waals surface area contributed by atoms with Gasteiger partial charge in [-0.1, -0.05) is 146 Å². The Hall–Kier alpha value is -8.28. The van der Waals surface area contributed by atoms with Crippen LogP contribution < -0.4 is 0 Å². The van der Waals surface area contributed by atoms with E-state index in [1.165, 1.54) is 134 Å². The largest absolute Gasteiger partial charge is 0.309 e. The third-order valence-electron chi connectivity index (χ3n) is 14.3. The van der Waals surface area contributed by atoms with E-state index in [0.717, 1.165) is 5.69 Å². The van der Waals surface area contributed by atoms with Crippen LogP contribution in [0.15, 0.2) is 231 Å². The highest BCUT2D eigenvalue weighted by Crippen LogP contribution is 2.44. The molecule has 0 aliphatic rings. The van der Waals surface area contributed by atoms with E-state index in [4.69, 9.17) is 0 Å². The van der Waals surface area contributed by atoms with Gasteiger partial charge < -0.3 is 9.13 Å². The predicted molar refractivity (Wildman–Crippen MR) is 295 cm³/mol. The molecule has 0 unspecified atom stereocenters. The number of fused-ring (bicyclic) bond motifs is 14. The molecule has 15 rings (SSSR count). The summed E-state index contributed by atoms with van der Waals surface area (Å²) in [6.45, 7) is 0. The van der Waals surface area contributed by atoms with Crippen molar-refractivity contribution in [1.29, 1.82) is 0 Å². The zero-order valence-corrected chi connectivity index (χ0v) is 38.3. The number of aromatic nitrogens is 2. The lowest BCUT2D eigenvalue weighted by molar-refractivity contribution is 1.18. The highest BCUT2D eigenvalue weighted by atomic mass is 32.1. The van der Waals surface area contributed by atoms with Gasteiger partial charge in [0.15, 0.2) is 0 Å². The molecule has 2 nitrogen and oxygen atoms in total. The summed E-state index contributed by atoms with van der Waals surface area (Å²) >= 11 is 3.75. The van der Waals surface area contributed by atoms with Crippen LogP contribution in [0.1, 0.15) is 0 Å². The molecule has 4 heteroatoms. The lowest BCUT2D eigenvalue weighted by Gasteiger charge is -2.11. The summed E-state index contributed by atoms with van der Waals surface area (Å²) in [6, 6.07) is 85.8. The van der Waals surface area contributed by atoms with Gasteiger partial charge in [0, 0.05) is 62.9 Å². The second kappa shape index (κ2) is 14.6. The van der Waals surface area contributed by atoms with Gasteiger partial charge in [0.2, 0.25) is 0 Å². The highest BCUT2D eigenvalue weighted by Gasteiger charge is 2.20. The zero-order valence-electron chi connectivity index (χ0n) is 36.7. The Morgan fingerprint density at radius 3 is 1.50 bits per heavy atom. The van der Waals surface area contributed by atoms with Gasteiger partial charge in [-0.3, -0.25) is 0 Å². The lowest BCUT2D eigenvalue weighted by atomic mass is 9.98. The SMILES string of the molecule is c1ccc(-c2ccc3c(c2)c2cc(-c4ccc5c(c4)c4c6ccccc6ccc4n5-c4ccc(-c5ccc6sc7ccccc7c6c5)cc4)ccc2n3-c2cccc3c2sc2ccccc23)cc1. The molecule has 0 aliphatic carbocycles. The first-order chi connectivity index (χ1) is 33.7. The van der Waals surface area contributed by atoms with Crippen LogP contribution in [0.4, 0.5) is 0 Å². The average molecular weight is 899 g/mol. The van der Waals surface area contributed by atoms with Crippen LogP contribution in [0.2, 0.25) is 0 Å². The van der Waals surface area contributed by atoms with E-state index in [1.807, 2.05) is 22.7 Å². The molecule has 0 atom stereocenters. The standard InChI is InChI=1S/C64H38N2S2/c1-2-11-39(12-3-1)42-24-30-55-51(35-42)52-36-44(25-31-56(52)66(55)59-18-10-17-50-48-15-6-9-20-61(48)68-64(50)59)45-26-32-57-54(38-45)63-47-14-5-4-13-41(47)23-33-58(63)65(57)46-28-21-40(22-29-46)43-27-34-62-53(37-43)49-16-7-8-19-60(49)67-62/h1-38H. The molecule has 0 N–H and O–H groups in total. The molecule has 4 heterocycles. The topological polar surface area (TPSA) is 9.86 Å². The molecular formula is C64H38N2S2. The Morgan fingerprint density at radius 1 is 0.265 bits per heavy atom. The van der Waals surface area contributed by atoms with E-state index in [2.05, 4.69) is 240 Å². The molecule has 15 aromatic rings. The van der Waals surface area contributed by atoms with Gasteiger partial charge in [-0.15, -0.1) is 22.7 Å². The minimum Gasteiger partial charge on any atom is -0.309 e. The van der Waals surface area contributed by atoms with Crippen molar-refractivity contribution in [3.8, 4) is 44.8 Å². The first-order valence-corrected chi connectivity index (χ1v) is 24.9. The molecule has 0 saturated carbocycles. The first-order valence-electron chi connectivity index (χ1n) is 23.2. The Kier molecular flexibility index (Phi) is 8.14. The minimum absolute atomic E-state index is 1.15. The number of hydrogen-bond donors (Lipinski definition) is 0. The zero-order chi connectivity index (χ0) is 44.5. The molecule has 316 valence electrons. The Labute approximate surface area is 399 Å². The van der Waals surface area contributed by atoms with Crippen molar-refractivity contribution in [3.63, 3.8) is 0 Å². The molecule has 0 amide bonds. The molecular weight excluding hydrogens is 861 g/mol. The Morgan fingerprint density at radius 2 is 0.765 bits per heavy atom. The van der Waals surface area contributed by atoms with Crippen molar-refractivity contribution in [3.05, 3.63) is 231 Å². The van der Waals surface area contributed by atoms with Gasteiger partial charge in [-0.25, -0.2) is 0 Å². The molecule has 0 bridgehead atoms. The third kappa shape index (κ3) is 5.62. The molecule has 0 saturated heterocycles. The maximum absolute atomic E-state index is 2.50. The summed E-state index contributed by atoms with van der Waals surface area (Å²) in [6.07, 6.45) is 0. The molecule has 0 aliphatic heterocycles. The summed E-state index contributed by atoms with van der Waals surface area (Å²) in [5.74, 6) is 0. The molecule has 0 fully saturated rings. The maximum atomic E-state index is 2.50. The molecule has 0 radical (unpaired) electrons. The van der Waals surface area contributed by atoms with Crippen molar-refractivity contribution < 1.29 is 0 Å². The summed E-state index contributed by atoms with van der Waals surface area (Å²) < 4.78 is 10.2. The summed E-state index contributed by atoms with van der Waals surface area (Å²) in [7, 11) is 0. The first kappa shape index (κ1) is 37.9. The van der Waals surface area contributed by atoms with Crippen LogP contribution >= 0.6 is 22.7 Å². The van der Waals surface area contributed by atoms with Gasteiger partial charge in [0.05, 0.1) is 32.5 Å². The lowest BCUT2D eigenvalue weighted by Crippen LogP contribution is -1.94. The quantitative estimate of drug-likeness (QED) is 0.163. The van der Waals surface area contributed by atoms with E-state index in [-0.39, 0.29) is 0 Å². The van der Waals surface area contributed by atoms with Crippen molar-refractivity contribution >= 4 is 117 Å². The maximum Gasteiger partial charge on any atom is 0.0640 e. The molecule has 0 spiro atoms. The van der Waals surface area contributed by atoms with Gasteiger partial charge >= 0.3 is 0 Å². The van der Waals surface area contributed by atoms with E-state index in [1.54, 1.807) is 0 Å².